The number of fused-ring (bicyclic) bond motifs is 1. The lowest BCUT2D eigenvalue weighted by Gasteiger charge is -2.23. The van der Waals surface area contributed by atoms with Gasteiger partial charge in [-0.3, -0.25) is 0 Å². The Hall–Kier alpha value is -0.780. The van der Waals surface area contributed by atoms with Gasteiger partial charge in [0.1, 0.15) is 0 Å². The minimum absolute atomic E-state index is 0.479. The lowest BCUT2D eigenvalue weighted by Crippen LogP contribution is -2.27. The van der Waals surface area contributed by atoms with Crippen molar-refractivity contribution >= 4 is 15.9 Å². The summed E-state index contributed by atoms with van der Waals surface area (Å²) in [5, 5.41) is 4.20. The maximum Gasteiger partial charge on any atom is 0.0649 e. The number of hydrogen-bond donors (Lipinski definition) is 1. The summed E-state index contributed by atoms with van der Waals surface area (Å²) in [6, 6.07) is 7.01. The highest BCUT2D eigenvalue weighted by Gasteiger charge is 2.14. The van der Waals surface area contributed by atoms with E-state index in [1.807, 2.05) is 0 Å². The topological polar surface area (TPSA) is 12.0 Å². The lowest BCUT2D eigenvalue weighted by atomic mass is 9.93. The molecule has 2 rings (SSSR count). The molecule has 1 atom stereocenters. The molecule has 0 amide bonds. The molecule has 0 radical (unpaired) electrons. The van der Waals surface area contributed by atoms with Crippen molar-refractivity contribution in [2.45, 2.75) is 19.4 Å². The third-order valence-electron chi connectivity index (χ3n) is 2.75. The quantitative estimate of drug-likeness (QED) is 0.561. The number of nitrogens with one attached hydrogen (secondary N) is 1. The van der Waals surface area contributed by atoms with Crippen LogP contribution in [0.3, 0.4) is 0 Å². The van der Waals surface area contributed by atoms with Crippen LogP contribution >= 0.6 is 15.9 Å². The molecule has 0 fully saturated rings. The van der Waals surface area contributed by atoms with Crippen LogP contribution in [0.15, 0.2) is 18.2 Å². The monoisotopic (exact) mass is 263 g/mol. The molecule has 78 valence electrons. The zero-order valence-electron chi connectivity index (χ0n) is 8.81. The summed E-state index contributed by atoms with van der Waals surface area (Å²) in [5.41, 5.74) is 4.00. The van der Waals surface area contributed by atoms with Gasteiger partial charge in [0.25, 0.3) is 0 Å². The van der Waals surface area contributed by atoms with Gasteiger partial charge in [-0.25, -0.2) is 0 Å². The summed E-state index contributed by atoms with van der Waals surface area (Å²) in [4.78, 5) is 0. The first-order chi connectivity index (χ1) is 7.31. The highest BCUT2D eigenvalue weighted by atomic mass is 79.9. The largest absolute Gasteiger partial charge is 0.310 e. The summed E-state index contributed by atoms with van der Waals surface area (Å²) in [7, 11) is 0. The van der Waals surface area contributed by atoms with Gasteiger partial charge >= 0.3 is 0 Å². The smallest absolute Gasteiger partial charge is 0.0649 e. The molecular formula is C13H14BrN. The molecule has 0 aromatic heterocycles. The fraction of sp³-hybridized carbons (Fsp3) is 0.385. The normalized spacial score (nSPS) is 18.9. The van der Waals surface area contributed by atoms with Crippen LogP contribution in [0.2, 0.25) is 0 Å². The maximum absolute atomic E-state index is 3.46. The molecule has 1 N–H and O–H groups in total. The van der Waals surface area contributed by atoms with E-state index in [9.17, 15) is 0 Å². The van der Waals surface area contributed by atoms with E-state index < -0.39 is 0 Å². The fourth-order valence-electron chi connectivity index (χ4n) is 1.99. The van der Waals surface area contributed by atoms with Crippen LogP contribution < -0.4 is 5.32 Å². The second-order valence-corrected chi connectivity index (χ2v) is 4.34. The number of halogens is 1. The minimum Gasteiger partial charge on any atom is -0.310 e. The van der Waals surface area contributed by atoms with Gasteiger partial charge < -0.3 is 5.32 Å². The molecule has 1 aromatic rings. The molecule has 2 heteroatoms. The maximum atomic E-state index is 3.46. The molecule has 1 aromatic carbocycles. The van der Waals surface area contributed by atoms with Gasteiger partial charge in [-0.15, -0.1) is 0 Å². The highest BCUT2D eigenvalue weighted by Crippen LogP contribution is 2.23. The van der Waals surface area contributed by atoms with Crippen LogP contribution in [0.25, 0.3) is 0 Å². The molecule has 1 unspecified atom stereocenters. The van der Waals surface area contributed by atoms with Gasteiger partial charge in [-0.05, 0) is 43.1 Å². The van der Waals surface area contributed by atoms with Crippen molar-refractivity contribution in [3.05, 3.63) is 34.9 Å². The van der Waals surface area contributed by atoms with Crippen LogP contribution in [0, 0.1) is 11.8 Å². The Kier molecular flexibility index (Phi) is 3.45. The first-order valence-corrected chi connectivity index (χ1v) is 6.34. The number of alkyl halides is 1. The van der Waals surface area contributed by atoms with Crippen LogP contribution in [0.4, 0.5) is 0 Å². The van der Waals surface area contributed by atoms with E-state index >= 15 is 0 Å². The van der Waals surface area contributed by atoms with Crippen LogP contribution in [-0.2, 0) is 6.42 Å². The van der Waals surface area contributed by atoms with E-state index in [-0.39, 0.29) is 0 Å². The van der Waals surface area contributed by atoms with E-state index in [1.54, 1.807) is 0 Å². The molecule has 1 aliphatic rings. The Bertz CT molecular complexity index is 414. The van der Waals surface area contributed by atoms with Crippen molar-refractivity contribution in [2.24, 2.45) is 0 Å². The summed E-state index contributed by atoms with van der Waals surface area (Å²) in [5.74, 6) is 6.18. The second kappa shape index (κ2) is 4.83. The molecule has 1 heterocycles. The molecule has 0 spiro atoms. The average Bonchev–Trinajstić information content (AvgIpc) is 2.26. The summed E-state index contributed by atoms with van der Waals surface area (Å²) in [6.07, 6.45) is 1.11. The molecule has 0 saturated heterocycles. The number of benzene rings is 1. The Morgan fingerprint density at radius 1 is 1.53 bits per heavy atom. The third-order valence-corrected chi connectivity index (χ3v) is 3.03. The third kappa shape index (κ3) is 2.42. The molecule has 0 bridgehead atoms. The molecule has 0 aliphatic carbocycles. The number of rotatable bonds is 0. The molecule has 1 nitrogen and oxygen atoms in total. The summed E-state index contributed by atoms with van der Waals surface area (Å²) < 4.78 is 0. The van der Waals surface area contributed by atoms with Gasteiger partial charge in [0.2, 0.25) is 0 Å². The van der Waals surface area contributed by atoms with Crippen molar-refractivity contribution in [1.29, 1.82) is 0 Å². The predicted molar refractivity (Wildman–Crippen MR) is 67.2 cm³/mol. The van der Waals surface area contributed by atoms with E-state index in [1.165, 1.54) is 11.1 Å². The summed E-state index contributed by atoms with van der Waals surface area (Å²) >= 11 is 3.31. The fourth-order valence-corrected chi connectivity index (χ4v) is 2.13. The van der Waals surface area contributed by atoms with Crippen molar-refractivity contribution in [2.75, 3.05) is 11.9 Å². The molecular weight excluding hydrogens is 250 g/mol. The van der Waals surface area contributed by atoms with Crippen molar-refractivity contribution in [3.63, 3.8) is 0 Å². The Morgan fingerprint density at radius 3 is 3.20 bits per heavy atom. The average molecular weight is 264 g/mol. The lowest BCUT2D eigenvalue weighted by molar-refractivity contribution is 0.541. The zero-order valence-corrected chi connectivity index (χ0v) is 10.4. The van der Waals surface area contributed by atoms with Gasteiger partial charge in [0, 0.05) is 11.6 Å². The Balaban J connectivity index is 2.33. The highest BCUT2D eigenvalue weighted by molar-refractivity contribution is 9.09. The second-order valence-electron chi connectivity index (χ2n) is 3.77. The first kappa shape index (κ1) is 10.7. The van der Waals surface area contributed by atoms with Gasteiger partial charge in [0.15, 0.2) is 0 Å². The number of hydrogen-bond acceptors (Lipinski definition) is 1. The standard InChI is InChI=1S/C13H14BrN/c1-10-13-5-4-11(3-2-7-14)9-12(13)6-8-15-10/h4-5,9-10,15H,6-8H2,1H3. The first-order valence-electron chi connectivity index (χ1n) is 5.22. The van der Waals surface area contributed by atoms with E-state index in [0.29, 0.717) is 6.04 Å². The zero-order chi connectivity index (χ0) is 10.7. The summed E-state index contributed by atoms with van der Waals surface area (Å²) in [6.45, 7) is 3.28. The van der Waals surface area contributed by atoms with E-state index in [2.05, 4.69) is 58.2 Å². The van der Waals surface area contributed by atoms with Crippen LogP contribution in [0.1, 0.15) is 29.7 Å². The molecule has 0 saturated carbocycles. The van der Waals surface area contributed by atoms with E-state index in [0.717, 1.165) is 23.9 Å². The predicted octanol–water partition coefficient (Wildman–Crippen LogP) is 2.64. The van der Waals surface area contributed by atoms with Gasteiger partial charge in [-0.1, -0.05) is 33.8 Å². The van der Waals surface area contributed by atoms with Gasteiger partial charge in [0.05, 0.1) is 5.33 Å². The van der Waals surface area contributed by atoms with E-state index in [4.69, 9.17) is 0 Å². The van der Waals surface area contributed by atoms with Crippen molar-refractivity contribution in [1.82, 2.24) is 5.32 Å². The Morgan fingerprint density at radius 2 is 2.40 bits per heavy atom. The van der Waals surface area contributed by atoms with Crippen LogP contribution in [0.5, 0.6) is 0 Å². The molecule has 1 aliphatic heterocycles. The SMILES string of the molecule is CC1NCCc2cc(C#CCBr)ccc21. The Labute approximate surface area is 99.4 Å². The van der Waals surface area contributed by atoms with Crippen LogP contribution in [-0.4, -0.2) is 11.9 Å². The minimum atomic E-state index is 0.479. The van der Waals surface area contributed by atoms with Crippen molar-refractivity contribution in [3.8, 4) is 11.8 Å². The molecule has 15 heavy (non-hydrogen) atoms. The van der Waals surface area contributed by atoms with Gasteiger partial charge in [-0.2, -0.15) is 0 Å². The van der Waals surface area contributed by atoms with Crippen molar-refractivity contribution < 1.29 is 0 Å².